The van der Waals surface area contributed by atoms with Crippen LogP contribution in [-0.2, 0) is 10.0 Å². The van der Waals surface area contributed by atoms with E-state index in [1.807, 2.05) is 6.92 Å². The minimum atomic E-state index is -3.48. The van der Waals surface area contributed by atoms with Crippen molar-refractivity contribution >= 4 is 34.0 Å². The summed E-state index contributed by atoms with van der Waals surface area (Å²) in [6.45, 7) is 5.23. The van der Waals surface area contributed by atoms with Gasteiger partial charge in [0.05, 0.1) is 4.90 Å². The second-order valence-electron chi connectivity index (χ2n) is 5.47. The fraction of sp³-hybridized carbons (Fsp3) is 0.538. The van der Waals surface area contributed by atoms with Crippen LogP contribution >= 0.6 is 24.0 Å². The molecule has 0 saturated carbocycles. The van der Waals surface area contributed by atoms with Crippen LogP contribution in [0.2, 0.25) is 5.02 Å². The van der Waals surface area contributed by atoms with Crippen molar-refractivity contribution in [3.8, 4) is 0 Å². The second-order valence-corrected chi connectivity index (χ2v) is 7.78. The molecule has 0 radical (unpaired) electrons. The summed E-state index contributed by atoms with van der Waals surface area (Å²) >= 11 is 6.01. The van der Waals surface area contributed by atoms with Gasteiger partial charge in [0.25, 0.3) is 0 Å². The Morgan fingerprint density at radius 2 is 2.10 bits per heavy atom. The van der Waals surface area contributed by atoms with Crippen LogP contribution in [0.25, 0.3) is 0 Å². The first kappa shape index (κ1) is 17.7. The molecule has 1 aromatic rings. The maximum absolute atomic E-state index is 12.6. The molecule has 1 aliphatic heterocycles. The van der Waals surface area contributed by atoms with Crippen LogP contribution in [0.5, 0.6) is 0 Å². The molecule has 1 aliphatic rings. The average Bonchev–Trinajstić information content (AvgIpc) is 2.77. The summed E-state index contributed by atoms with van der Waals surface area (Å²) in [6.07, 6.45) is 0.794. The highest BCUT2D eigenvalue weighted by molar-refractivity contribution is 7.89. The van der Waals surface area contributed by atoms with Crippen LogP contribution in [0.4, 0.5) is 0 Å². The average molecular weight is 339 g/mol. The van der Waals surface area contributed by atoms with E-state index < -0.39 is 10.0 Å². The zero-order chi connectivity index (χ0) is 14.3. The number of hydrogen-bond acceptors (Lipinski definition) is 3. The first-order valence-electron chi connectivity index (χ1n) is 6.25. The summed E-state index contributed by atoms with van der Waals surface area (Å²) in [4.78, 5) is 0.293. The first-order chi connectivity index (χ1) is 8.80. The Labute approximate surface area is 131 Å². The van der Waals surface area contributed by atoms with Gasteiger partial charge in [-0.15, -0.1) is 12.4 Å². The Hall–Kier alpha value is -0.330. The van der Waals surface area contributed by atoms with Gasteiger partial charge in [-0.05, 0) is 43.0 Å². The molecule has 0 aliphatic carbocycles. The minimum absolute atomic E-state index is 0. The van der Waals surface area contributed by atoms with Crippen LogP contribution in [0.3, 0.4) is 0 Å². The van der Waals surface area contributed by atoms with E-state index in [1.165, 1.54) is 4.31 Å². The normalized spacial score (nSPS) is 23.6. The van der Waals surface area contributed by atoms with Crippen LogP contribution < -0.4 is 5.73 Å². The fourth-order valence-corrected chi connectivity index (χ4v) is 4.43. The van der Waals surface area contributed by atoms with Gasteiger partial charge < -0.3 is 5.73 Å². The molecule has 114 valence electrons. The molecule has 1 saturated heterocycles. The highest BCUT2D eigenvalue weighted by Gasteiger charge is 2.39. The van der Waals surface area contributed by atoms with E-state index in [0.29, 0.717) is 35.1 Å². The molecular weight excluding hydrogens is 319 g/mol. The van der Waals surface area contributed by atoms with Gasteiger partial charge in [0.15, 0.2) is 0 Å². The largest absolute Gasteiger partial charge is 0.330 e. The molecule has 0 bridgehead atoms. The molecule has 1 aromatic carbocycles. The lowest BCUT2D eigenvalue weighted by Crippen LogP contribution is -2.34. The molecule has 2 rings (SSSR count). The number of nitrogens with two attached hydrogens (primary N) is 1. The van der Waals surface area contributed by atoms with E-state index in [2.05, 4.69) is 0 Å². The van der Waals surface area contributed by atoms with Crippen molar-refractivity contribution < 1.29 is 8.42 Å². The maximum atomic E-state index is 12.6. The highest BCUT2D eigenvalue weighted by atomic mass is 35.5. The fourth-order valence-electron chi connectivity index (χ4n) is 2.36. The van der Waals surface area contributed by atoms with Crippen molar-refractivity contribution in [2.24, 2.45) is 11.1 Å². The number of sulfonamides is 1. The van der Waals surface area contributed by atoms with Gasteiger partial charge in [-0.3, -0.25) is 0 Å². The van der Waals surface area contributed by atoms with Crippen molar-refractivity contribution in [3.63, 3.8) is 0 Å². The van der Waals surface area contributed by atoms with Gasteiger partial charge in [0.1, 0.15) is 0 Å². The Morgan fingerprint density at radius 1 is 1.45 bits per heavy atom. The Bertz CT molecular complexity index is 592. The van der Waals surface area contributed by atoms with Crippen molar-refractivity contribution in [2.45, 2.75) is 25.2 Å². The second kappa shape index (κ2) is 6.20. The van der Waals surface area contributed by atoms with E-state index in [0.717, 1.165) is 6.42 Å². The highest BCUT2D eigenvalue weighted by Crippen LogP contribution is 2.34. The molecule has 7 heteroatoms. The van der Waals surface area contributed by atoms with Crippen molar-refractivity contribution in [1.29, 1.82) is 0 Å². The van der Waals surface area contributed by atoms with Crippen LogP contribution in [0.15, 0.2) is 23.1 Å². The molecule has 4 nitrogen and oxygen atoms in total. The predicted molar refractivity (Wildman–Crippen MR) is 84.0 cm³/mol. The maximum Gasteiger partial charge on any atom is 0.243 e. The third kappa shape index (κ3) is 3.12. The molecule has 20 heavy (non-hydrogen) atoms. The molecule has 0 spiro atoms. The summed E-state index contributed by atoms with van der Waals surface area (Å²) in [5.74, 6) is 0. The van der Waals surface area contributed by atoms with E-state index in [-0.39, 0.29) is 17.8 Å². The lowest BCUT2D eigenvalue weighted by molar-refractivity contribution is 0.349. The summed E-state index contributed by atoms with van der Waals surface area (Å²) in [6, 6.07) is 4.97. The van der Waals surface area contributed by atoms with E-state index in [4.69, 9.17) is 17.3 Å². The van der Waals surface area contributed by atoms with Crippen LogP contribution in [0, 0.1) is 12.3 Å². The Balaban J connectivity index is 0.00000200. The summed E-state index contributed by atoms with van der Waals surface area (Å²) in [5, 5.41) is 0.474. The van der Waals surface area contributed by atoms with Crippen molar-refractivity contribution in [2.75, 3.05) is 19.6 Å². The monoisotopic (exact) mass is 338 g/mol. The molecule has 1 fully saturated rings. The van der Waals surface area contributed by atoms with Gasteiger partial charge >= 0.3 is 0 Å². The number of halogens is 2. The summed E-state index contributed by atoms with van der Waals surface area (Å²) in [5.41, 5.74) is 6.20. The van der Waals surface area contributed by atoms with E-state index in [1.54, 1.807) is 25.1 Å². The standard InChI is InChI=1S/C13H19ClN2O2S.ClH/c1-10-11(14)4-3-5-12(10)19(17,18)16-7-6-13(2,8-15)9-16;/h3-5H,6-9,15H2,1-2H3;1H. The van der Waals surface area contributed by atoms with Crippen LogP contribution in [-0.4, -0.2) is 32.4 Å². The molecule has 2 N–H and O–H groups in total. The molecule has 0 amide bonds. The lowest BCUT2D eigenvalue weighted by atomic mass is 9.90. The van der Waals surface area contributed by atoms with Crippen molar-refractivity contribution in [1.82, 2.24) is 4.31 Å². The third-order valence-corrected chi connectivity index (χ3v) is 6.25. The molecule has 1 heterocycles. The SMILES string of the molecule is Cc1c(Cl)cccc1S(=O)(=O)N1CCC(C)(CN)C1.Cl. The van der Waals surface area contributed by atoms with E-state index in [9.17, 15) is 8.42 Å². The smallest absolute Gasteiger partial charge is 0.243 e. The summed E-state index contributed by atoms with van der Waals surface area (Å²) < 4.78 is 26.8. The zero-order valence-corrected chi connectivity index (χ0v) is 14.0. The van der Waals surface area contributed by atoms with Gasteiger partial charge in [-0.1, -0.05) is 24.6 Å². The summed E-state index contributed by atoms with van der Waals surface area (Å²) in [7, 11) is -3.48. The lowest BCUT2D eigenvalue weighted by Gasteiger charge is -2.23. The number of hydrogen-bond donors (Lipinski definition) is 1. The van der Waals surface area contributed by atoms with Crippen LogP contribution in [0.1, 0.15) is 18.9 Å². The van der Waals surface area contributed by atoms with Crippen molar-refractivity contribution in [3.05, 3.63) is 28.8 Å². The minimum Gasteiger partial charge on any atom is -0.330 e. The van der Waals surface area contributed by atoms with E-state index >= 15 is 0 Å². The Morgan fingerprint density at radius 3 is 2.65 bits per heavy atom. The number of nitrogens with zero attached hydrogens (tertiary/aromatic N) is 1. The molecule has 1 atom stereocenters. The van der Waals surface area contributed by atoms with Gasteiger partial charge in [-0.25, -0.2) is 8.42 Å². The molecular formula is C13H20Cl2N2O2S. The predicted octanol–water partition coefficient (Wildman–Crippen LogP) is 2.43. The van der Waals surface area contributed by atoms with Gasteiger partial charge in [0.2, 0.25) is 10.0 Å². The quantitative estimate of drug-likeness (QED) is 0.920. The molecule has 0 aromatic heterocycles. The van der Waals surface area contributed by atoms with Gasteiger partial charge in [0, 0.05) is 18.1 Å². The third-order valence-electron chi connectivity index (χ3n) is 3.85. The zero-order valence-electron chi connectivity index (χ0n) is 11.6. The topological polar surface area (TPSA) is 63.4 Å². The molecule has 1 unspecified atom stereocenters. The first-order valence-corrected chi connectivity index (χ1v) is 8.07. The number of benzene rings is 1. The number of rotatable bonds is 3. The Kier molecular flexibility index (Phi) is 5.49. The van der Waals surface area contributed by atoms with Gasteiger partial charge in [-0.2, -0.15) is 4.31 Å².